The maximum atomic E-state index is 12.3. The van der Waals surface area contributed by atoms with Gasteiger partial charge < -0.3 is 14.6 Å². The number of nitrogens with one attached hydrogen (secondary N) is 1. The van der Waals surface area contributed by atoms with E-state index in [2.05, 4.69) is 5.32 Å². The lowest BCUT2D eigenvalue weighted by atomic mass is 10.1. The van der Waals surface area contributed by atoms with Crippen molar-refractivity contribution in [1.82, 2.24) is 9.88 Å². The predicted octanol–water partition coefficient (Wildman–Crippen LogP) is 0.625. The maximum Gasteiger partial charge on any atom is 0.268 e. The van der Waals surface area contributed by atoms with Crippen LogP contribution in [0.1, 0.15) is 43.2 Å². The maximum absolute atomic E-state index is 12.3. The molecule has 2 rings (SSSR count). The Hall–Kier alpha value is -1.38. The summed E-state index contributed by atoms with van der Waals surface area (Å²) in [6, 6.07) is 1.50. The summed E-state index contributed by atoms with van der Waals surface area (Å²) in [5.41, 5.74) is -0.177. The van der Waals surface area contributed by atoms with Crippen molar-refractivity contribution in [1.29, 1.82) is 0 Å². The molecule has 0 aliphatic heterocycles. The molecular weight excluding hydrogens is 294 g/mol. The van der Waals surface area contributed by atoms with Crippen molar-refractivity contribution >= 4 is 15.9 Å². The van der Waals surface area contributed by atoms with Crippen LogP contribution in [0.2, 0.25) is 0 Å². The second-order valence-corrected chi connectivity index (χ2v) is 7.45. The van der Waals surface area contributed by atoms with Gasteiger partial charge in [0.05, 0.1) is 5.60 Å². The molecule has 8 heteroatoms. The van der Waals surface area contributed by atoms with Crippen LogP contribution in [0, 0.1) is 0 Å². The highest BCUT2D eigenvalue weighted by molar-refractivity contribution is 7.89. The lowest BCUT2D eigenvalue weighted by Crippen LogP contribution is -2.40. The average Bonchev–Trinajstić information content (AvgIpc) is 3.13. The fourth-order valence-corrected chi connectivity index (χ4v) is 2.44. The second kappa shape index (κ2) is 5.43. The zero-order chi connectivity index (χ0) is 15.8. The molecule has 0 atom stereocenters. The summed E-state index contributed by atoms with van der Waals surface area (Å²) in [7, 11) is -2.25. The van der Waals surface area contributed by atoms with Gasteiger partial charge in [-0.1, -0.05) is 0 Å². The molecule has 0 unspecified atom stereocenters. The minimum absolute atomic E-state index is 0.0365. The van der Waals surface area contributed by atoms with Crippen molar-refractivity contribution in [3.8, 4) is 0 Å². The highest BCUT2D eigenvalue weighted by atomic mass is 32.2. The topological polar surface area (TPSA) is 103 Å². The molecule has 1 fully saturated rings. The van der Waals surface area contributed by atoms with Gasteiger partial charge in [-0.25, -0.2) is 13.6 Å². The summed E-state index contributed by atoms with van der Waals surface area (Å²) in [4.78, 5) is 12.2. The first-order chi connectivity index (χ1) is 9.64. The first-order valence-corrected chi connectivity index (χ1v) is 8.27. The van der Waals surface area contributed by atoms with E-state index in [0.29, 0.717) is 12.2 Å². The van der Waals surface area contributed by atoms with Crippen LogP contribution in [-0.4, -0.2) is 38.1 Å². The second-order valence-electron chi connectivity index (χ2n) is 5.89. The molecule has 0 spiro atoms. The number of carbonyl (C=O) groups is 1. The van der Waals surface area contributed by atoms with E-state index in [-0.39, 0.29) is 16.8 Å². The van der Waals surface area contributed by atoms with Crippen molar-refractivity contribution in [3.05, 3.63) is 18.0 Å². The van der Waals surface area contributed by atoms with Crippen molar-refractivity contribution in [2.24, 2.45) is 5.14 Å². The summed E-state index contributed by atoms with van der Waals surface area (Å²) in [5.74, 6) is -0.332. The van der Waals surface area contributed by atoms with Gasteiger partial charge in [0.25, 0.3) is 5.91 Å². The fourth-order valence-electron chi connectivity index (χ4n) is 1.90. The minimum atomic E-state index is -3.82. The summed E-state index contributed by atoms with van der Waals surface area (Å²) in [5, 5.41) is 7.89. The summed E-state index contributed by atoms with van der Waals surface area (Å²) >= 11 is 0. The number of hydrogen-bond donors (Lipinski definition) is 2. The number of amides is 1. The molecule has 1 heterocycles. The van der Waals surface area contributed by atoms with Gasteiger partial charge in [-0.05, 0) is 32.8 Å². The molecule has 3 N–H and O–H groups in total. The number of ether oxygens (including phenoxy) is 1. The van der Waals surface area contributed by atoms with Crippen LogP contribution in [-0.2, 0) is 14.8 Å². The van der Waals surface area contributed by atoms with E-state index in [0.717, 1.165) is 12.8 Å². The minimum Gasteiger partial charge on any atom is -0.377 e. The molecule has 0 bridgehead atoms. The van der Waals surface area contributed by atoms with Gasteiger partial charge in [0, 0.05) is 25.9 Å². The molecule has 0 radical (unpaired) electrons. The number of primary sulfonamides is 1. The van der Waals surface area contributed by atoms with Crippen LogP contribution >= 0.6 is 0 Å². The van der Waals surface area contributed by atoms with E-state index in [1.165, 1.54) is 12.3 Å². The number of nitrogens with zero attached hydrogens (tertiary/aromatic N) is 1. The molecular formula is C13H21N3O4S. The normalized spacial score (nSPS) is 16.0. The van der Waals surface area contributed by atoms with Crippen LogP contribution in [0.5, 0.6) is 0 Å². The van der Waals surface area contributed by atoms with Crippen molar-refractivity contribution < 1.29 is 17.9 Å². The Bertz CT molecular complexity index is 644. The summed E-state index contributed by atoms with van der Waals surface area (Å²) < 4.78 is 29.8. The van der Waals surface area contributed by atoms with Gasteiger partial charge in [-0.2, -0.15) is 0 Å². The molecule has 1 saturated carbocycles. The first-order valence-electron chi connectivity index (χ1n) is 6.72. The van der Waals surface area contributed by atoms with Crippen molar-refractivity contribution in [2.75, 3.05) is 13.7 Å². The molecule has 0 saturated heterocycles. The zero-order valence-electron chi connectivity index (χ0n) is 12.4. The third-order valence-corrected chi connectivity index (χ3v) is 4.43. The fraction of sp³-hybridized carbons (Fsp3) is 0.615. The Kier molecular flexibility index (Phi) is 4.14. The van der Waals surface area contributed by atoms with Gasteiger partial charge in [0.2, 0.25) is 10.0 Å². The van der Waals surface area contributed by atoms with E-state index < -0.39 is 15.6 Å². The van der Waals surface area contributed by atoms with Gasteiger partial charge in [0.15, 0.2) is 0 Å². The van der Waals surface area contributed by atoms with Gasteiger partial charge in [0.1, 0.15) is 10.6 Å². The lowest BCUT2D eigenvalue weighted by Gasteiger charge is -2.23. The van der Waals surface area contributed by atoms with Gasteiger partial charge in [-0.15, -0.1) is 0 Å². The van der Waals surface area contributed by atoms with Gasteiger partial charge >= 0.3 is 0 Å². The number of sulfonamides is 1. The standard InChI is InChI=1S/C13H21N3O4S/c1-13(2,20-3)8-15-12(17)11-6-10(21(14,18)19)7-16(11)9-4-5-9/h6-7,9H,4-5,8H2,1-3H3,(H,15,17)(H2,14,18,19). The molecule has 1 aromatic heterocycles. The average molecular weight is 315 g/mol. The van der Waals surface area contributed by atoms with Crippen LogP contribution in [0.4, 0.5) is 0 Å². The molecule has 1 aromatic rings. The molecule has 7 nitrogen and oxygen atoms in total. The highest BCUT2D eigenvalue weighted by Crippen LogP contribution is 2.37. The highest BCUT2D eigenvalue weighted by Gasteiger charge is 2.30. The Balaban J connectivity index is 2.22. The number of rotatable bonds is 6. The van der Waals surface area contributed by atoms with Crippen molar-refractivity contribution in [3.63, 3.8) is 0 Å². The third kappa shape index (κ3) is 3.84. The van der Waals surface area contributed by atoms with Crippen molar-refractivity contribution in [2.45, 2.75) is 43.2 Å². The quantitative estimate of drug-likeness (QED) is 0.803. The number of nitrogens with two attached hydrogens (primary N) is 1. The smallest absolute Gasteiger partial charge is 0.268 e. The molecule has 21 heavy (non-hydrogen) atoms. The van der Waals surface area contributed by atoms with Gasteiger partial charge in [-0.3, -0.25) is 4.79 Å². The Morgan fingerprint density at radius 2 is 2.14 bits per heavy atom. The summed E-state index contributed by atoms with van der Waals surface area (Å²) in [6.45, 7) is 4.02. The molecule has 118 valence electrons. The monoisotopic (exact) mass is 315 g/mol. The zero-order valence-corrected chi connectivity index (χ0v) is 13.2. The Labute approximate surface area is 124 Å². The molecule has 0 aromatic carbocycles. The molecule has 1 amide bonds. The van der Waals surface area contributed by atoms with E-state index in [4.69, 9.17) is 9.88 Å². The van der Waals surface area contributed by atoms with E-state index in [1.807, 2.05) is 13.8 Å². The van der Waals surface area contributed by atoms with Crippen LogP contribution in [0.15, 0.2) is 17.2 Å². The van der Waals surface area contributed by atoms with E-state index >= 15 is 0 Å². The lowest BCUT2D eigenvalue weighted by molar-refractivity contribution is 0.0227. The Morgan fingerprint density at radius 3 is 2.62 bits per heavy atom. The summed E-state index contributed by atoms with van der Waals surface area (Å²) in [6.07, 6.45) is 3.30. The molecule has 1 aliphatic carbocycles. The number of hydrogen-bond acceptors (Lipinski definition) is 4. The SMILES string of the molecule is COC(C)(C)CNC(=O)c1cc(S(N)(=O)=O)cn1C1CC1. The van der Waals surface area contributed by atoms with Crippen LogP contribution < -0.4 is 10.5 Å². The molecule has 1 aliphatic rings. The van der Waals surface area contributed by atoms with E-state index in [9.17, 15) is 13.2 Å². The van der Waals surface area contributed by atoms with Crippen LogP contribution in [0.3, 0.4) is 0 Å². The first kappa shape index (κ1) is 16.0. The predicted molar refractivity (Wildman–Crippen MR) is 77.5 cm³/mol. The number of aromatic nitrogens is 1. The Morgan fingerprint density at radius 1 is 1.52 bits per heavy atom. The number of methoxy groups -OCH3 is 1. The van der Waals surface area contributed by atoms with Crippen LogP contribution in [0.25, 0.3) is 0 Å². The van der Waals surface area contributed by atoms with E-state index in [1.54, 1.807) is 11.7 Å². The third-order valence-electron chi connectivity index (χ3n) is 3.55. The largest absolute Gasteiger partial charge is 0.377 e. The number of carbonyl (C=O) groups excluding carboxylic acids is 1.